The summed E-state index contributed by atoms with van der Waals surface area (Å²) in [5.41, 5.74) is 0. The van der Waals surface area contributed by atoms with Gasteiger partial charge in [-0.3, -0.25) is 4.79 Å². The molecule has 1 aliphatic rings. The quantitative estimate of drug-likeness (QED) is 0.495. The van der Waals surface area contributed by atoms with Crippen LogP contribution in [0.3, 0.4) is 0 Å². The Morgan fingerprint density at radius 2 is 2.00 bits per heavy atom. The van der Waals surface area contributed by atoms with Gasteiger partial charge in [0.1, 0.15) is 0 Å². The van der Waals surface area contributed by atoms with Gasteiger partial charge in [-0.2, -0.15) is 0 Å². The predicted molar refractivity (Wildman–Crippen MR) is 45.5 cm³/mol. The standard InChI is InChI=1S/C7H10BrClO/c8-6-4-2-1-3-5(6)7(9)10/h5-6H,1-4H2. The molecule has 1 aliphatic carbocycles. The number of halogens is 2. The molecule has 0 bridgehead atoms. The molecule has 0 heterocycles. The fourth-order valence-corrected chi connectivity index (χ4v) is 2.58. The lowest BCUT2D eigenvalue weighted by molar-refractivity contribution is -0.115. The molecule has 2 unspecified atom stereocenters. The molecule has 1 saturated carbocycles. The van der Waals surface area contributed by atoms with Crippen LogP contribution < -0.4 is 0 Å². The normalized spacial score (nSPS) is 33.8. The van der Waals surface area contributed by atoms with Crippen LogP contribution in [0.4, 0.5) is 0 Å². The van der Waals surface area contributed by atoms with Crippen LogP contribution in [-0.4, -0.2) is 10.1 Å². The number of hydrogen-bond donors (Lipinski definition) is 0. The second kappa shape index (κ2) is 3.72. The molecule has 0 aromatic carbocycles. The second-order valence-corrected chi connectivity index (χ2v) is 4.26. The van der Waals surface area contributed by atoms with E-state index in [1.54, 1.807) is 0 Å². The van der Waals surface area contributed by atoms with E-state index in [1.165, 1.54) is 6.42 Å². The lowest BCUT2D eigenvalue weighted by Crippen LogP contribution is -2.24. The van der Waals surface area contributed by atoms with E-state index in [4.69, 9.17) is 11.6 Å². The molecule has 0 amide bonds. The van der Waals surface area contributed by atoms with Gasteiger partial charge in [-0.1, -0.05) is 28.8 Å². The molecule has 0 aromatic heterocycles. The molecule has 0 radical (unpaired) electrons. The van der Waals surface area contributed by atoms with Gasteiger partial charge in [0.25, 0.3) is 0 Å². The number of hydrogen-bond acceptors (Lipinski definition) is 1. The van der Waals surface area contributed by atoms with Crippen molar-refractivity contribution in [3.63, 3.8) is 0 Å². The van der Waals surface area contributed by atoms with E-state index in [0.717, 1.165) is 19.3 Å². The Morgan fingerprint density at radius 3 is 2.40 bits per heavy atom. The fraction of sp³-hybridized carbons (Fsp3) is 0.857. The van der Waals surface area contributed by atoms with Crippen LogP contribution >= 0.6 is 27.5 Å². The van der Waals surface area contributed by atoms with Crippen LogP contribution in [0.1, 0.15) is 25.7 Å². The number of alkyl halides is 1. The highest BCUT2D eigenvalue weighted by molar-refractivity contribution is 9.09. The van der Waals surface area contributed by atoms with Crippen molar-refractivity contribution in [1.29, 1.82) is 0 Å². The Hall–Kier alpha value is 0.440. The van der Waals surface area contributed by atoms with Crippen molar-refractivity contribution in [3.8, 4) is 0 Å². The fourth-order valence-electron chi connectivity index (χ4n) is 1.34. The molecule has 0 aromatic rings. The Bertz CT molecular complexity index is 138. The Balaban J connectivity index is 2.47. The van der Waals surface area contributed by atoms with Crippen molar-refractivity contribution in [2.24, 2.45) is 5.92 Å². The molecule has 3 heteroatoms. The monoisotopic (exact) mass is 224 g/mol. The summed E-state index contributed by atoms with van der Waals surface area (Å²) in [7, 11) is 0. The van der Waals surface area contributed by atoms with Crippen LogP contribution in [0.2, 0.25) is 0 Å². The first-order chi connectivity index (χ1) is 4.72. The minimum absolute atomic E-state index is 0.0652. The van der Waals surface area contributed by atoms with Crippen molar-refractivity contribution in [1.82, 2.24) is 0 Å². The molecule has 0 saturated heterocycles. The summed E-state index contributed by atoms with van der Waals surface area (Å²) in [5, 5.41) is -0.179. The summed E-state index contributed by atoms with van der Waals surface area (Å²) >= 11 is 8.83. The van der Waals surface area contributed by atoms with E-state index in [2.05, 4.69) is 15.9 Å². The van der Waals surface area contributed by atoms with E-state index >= 15 is 0 Å². The first-order valence-corrected chi connectivity index (χ1v) is 4.84. The SMILES string of the molecule is O=C(Cl)C1CCCCC1Br. The third kappa shape index (κ3) is 1.96. The zero-order chi connectivity index (χ0) is 7.56. The zero-order valence-corrected chi connectivity index (χ0v) is 7.99. The Morgan fingerprint density at radius 1 is 1.40 bits per heavy atom. The van der Waals surface area contributed by atoms with Crippen molar-refractivity contribution in [2.75, 3.05) is 0 Å². The summed E-state index contributed by atoms with van der Waals surface area (Å²) in [6.45, 7) is 0. The van der Waals surface area contributed by atoms with E-state index < -0.39 is 0 Å². The van der Waals surface area contributed by atoms with Crippen molar-refractivity contribution in [2.45, 2.75) is 30.5 Å². The summed E-state index contributed by atoms with van der Waals surface area (Å²) in [6.07, 6.45) is 4.41. The van der Waals surface area contributed by atoms with Gasteiger partial charge in [0.2, 0.25) is 5.24 Å². The largest absolute Gasteiger partial charge is 0.281 e. The Labute approximate surface area is 74.3 Å². The summed E-state index contributed by atoms with van der Waals surface area (Å²) in [6, 6.07) is 0. The van der Waals surface area contributed by atoms with Crippen LogP contribution in [-0.2, 0) is 4.79 Å². The predicted octanol–water partition coefficient (Wildman–Crippen LogP) is 2.71. The molecule has 0 aliphatic heterocycles. The molecule has 0 spiro atoms. The van der Waals surface area contributed by atoms with E-state index in [1.807, 2.05) is 0 Å². The van der Waals surface area contributed by atoms with Gasteiger partial charge in [0.15, 0.2) is 0 Å². The van der Waals surface area contributed by atoms with Crippen LogP contribution in [0, 0.1) is 5.92 Å². The summed E-state index contributed by atoms with van der Waals surface area (Å²) in [5.74, 6) is 0.0652. The van der Waals surface area contributed by atoms with Crippen LogP contribution in [0.15, 0.2) is 0 Å². The number of carbonyl (C=O) groups is 1. The third-order valence-electron chi connectivity index (χ3n) is 1.97. The average Bonchev–Trinajstić information content (AvgIpc) is 1.88. The van der Waals surface area contributed by atoms with Gasteiger partial charge in [0.05, 0.1) is 0 Å². The zero-order valence-electron chi connectivity index (χ0n) is 5.65. The molecule has 0 N–H and O–H groups in total. The average molecular weight is 226 g/mol. The number of rotatable bonds is 1. The third-order valence-corrected chi connectivity index (χ3v) is 3.35. The lowest BCUT2D eigenvalue weighted by atomic mass is 9.90. The molecular formula is C7H10BrClO. The molecule has 1 nitrogen and oxygen atoms in total. The maximum Gasteiger partial charge on any atom is 0.225 e. The molecular weight excluding hydrogens is 215 g/mol. The highest BCUT2D eigenvalue weighted by atomic mass is 79.9. The van der Waals surface area contributed by atoms with Gasteiger partial charge in [0, 0.05) is 10.7 Å². The minimum atomic E-state index is -0.179. The van der Waals surface area contributed by atoms with Gasteiger partial charge in [-0.25, -0.2) is 0 Å². The first kappa shape index (κ1) is 8.54. The van der Waals surface area contributed by atoms with Gasteiger partial charge in [-0.05, 0) is 24.4 Å². The second-order valence-electron chi connectivity index (χ2n) is 2.71. The lowest BCUT2D eigenvalue weighted by Gasteiger charge is -2.23. The molecule has 1 fully saturated rings. The summed E-state index contributed by atoms with van der Waals surface area (Å²) in [4.78, 5) is 11.1. The van der Waals surface area contributed by atoms with Crippen LogP contribution in [0.25, 0.3) is 0 Å². The summed E-state index contributed by atoms with van der Waals surface area (Å²) < 4.78 is 0. The van der Waals surface area contributed by atoms with Gasteiger partial charge in [-0.15, -0.1) is 0 Å². The first-order valence-electron chi connectivity index (χ1n) is 3.55. The minimum Gasteiger partial charge on any atom is -0.281 e. The van der Waals surface area contributed by atoms with Gasteiger partial charge < -0.3 is 0 Å². The number of carbonyl (C=O) groups excluding carboxylic acids is 1. The van der Waals surface area contributed by atoms with E-state index in [-0.39, 0.29) is 11.2 Å². The highest BCUT2D eigenvalue weighted by Crippen LogP contribution is 2.31. The smallest absolute Gasteiger partial charge is 0.225 e. The molecule has 2 atom stereocenters. The maximum atomic E-state index is 10.7. The topological polar surface area (TPSA) is 17.1 Å². The molecule has 10 heavy (non-hydrogen) atoms. The molecule has 58 valence electrons. The van der Waals surface area contributed by atoms with Crippen molar-refractivity contribution >= 4 is 32.8 Å². The Kier molecular flexibility index (Phi) is 3.18. The van der Waals surface area contributed by atoms with E-state index in [0.29, 0.717) is 4.83 Å². The molecule has 1 rings (SSSR count). The van der Waals surface area contributed by atoms with Gasteiger partial charge >= 0.3 is 0 Å². The van der Waals surface area contributed by atoms with Crippen molar-refractivity contribution in [3.05, 3.63) is 0 Å². The van der Waals surface area contributed by atoms with E-state index in [9.17, 15) is 4.79 Å². The maximum absolute atomic E-state index is 10.7. The van der Waals surface area contributed by atoms with Crippen LogP contribution in [0.5, 0.6) is 0 Å². The van der Waals surface area contributed by atoms with Crippen molar-refractivity contribution < 1.29 is 4.79 Å². The highest BCUT2D eigenvalue weighted by Gasteiger charge is 2.27.